The first-order valence-electron chi connectivity index (χ1n) is 2.95. The van der Waals surface area contributed by atoms with Gasteiger partial charge in [0.15, 0.2) is 0 Å². The van der Waals surface area contributed by atoms with Gasteiger partial charge in [0.1, 0.15) is 5.82 Å². The van der Waals surface area contributed by atoms with Crippen LogP contribution in [0.15, 0.2) is 23.2 Å². The molecule has 1 rings (SSSR count). The maximum absolute atomic E-state index is 11.8. The quantitative estimate of drug-likeness (QED) is 0.697. The molecule has 1 heterocycles. The van der Waals surface area contributed by atoms with E-state index in [0.29, 0.717) is 0 Å². The van der Waals surface area contributed by atoms with Gasteiger partial charge in [0, 0.05) is 11.1 Å². The van der Waals surface area contributed by atoms with Gasteiger partial charge in [-0.15, -0.1) is 0 Å². The van der Waals surface area contributed by atoms with Crippen LogP contribution in [0.2, 0.25) is 0 Å². The van der Waals surface area contributed by atoms with Crippen LogP contribution >= 0.6 is 11.8 Å². The molecule has 0 spiro atoms. The van der Waals surface area contributed by atoms with Gasteiger partial charge >= 0.3 is 5.51 Å². The average Bonchev–Trinajstić information content (AvgIpc) is 1.82. The number of thioether (sulfide) groups is 1. The van der Waals surface area contributed by atoms with Gasteiger partial charge in [0.25, 0.3) is 0 Å². The lowest BCUT2D eigenvalue weighted by Crippen LogP contribution is -1.99. The van der Waals surface area contributed by atoms with Crippen LogP contribution in [-0.2, 0) is 0 Å². The summed E-state index contributed by atoms with van der Waals surface area (Å²) in [5.74, 6) is 0.0873. The molecule has 0 bridgehead atoms. The average molecular weight is 194 g/mol. The summed E-state index contributed by atoms with van der Waals surface area (Å²) in [6, 6.07) is 2.44. The van der Waals surface area contributed by atoms with Crippen LogP contribution in [-0.4, -0.2) is 10.5 Å². The highest BCUT2D eigenvalue weighted by molar-refractivity contribution is 8.00. The van der Waals surface area contributed by atoms with Crippen molar-refractivity contribution in [3.05, 3.63) is 18.3 Å². The number of anilines is 1. The Hall–Kier alpha value is -0.910. The minimum absolute atomic E-state index is 0.0509. The summed E-state index contributed by atoms with van der Waals surface area (Å²) in [5, 5.41) is 0. The number of nitrogens with two attached hydrogens (primary N) is 1. The lowest BCUT2D eigenvalue weighted by Gasteiger charge is -2.04. The second-order valence-corrected chi connectivity index (χ2v) is 3.10. The molecule has 0 fully saturated rings. The Balaban J connectivity index is 2.77. The summed E-state index contributed by atoms with van der Waals surface area (Å²) < 4.78 is 35.3. The normalized spacial score (nSPS) is 11.6. The fourth-order valence-electron chi connectivity index (χ4n) is 0.625. The van der Waals surface area contributed by atoms with Gasteiger partial charge in [-0.1, -0.05) is 0 Å². The topological polar surface area (TPSA) is 38.9 Å². The predicted molar refractivity (Wildman–Crippen MR) is 40.6 cm³/mol. The minimum atomic E-state index is -4.27. The SMILES string of the molecule is Nc1cc(SC(F)(F)F)ccn1. The number of nitrogens with zero attached hydrogens (tertiary/aromatic N) is 1. The zero-order chi connectivity index (χ0) is 9.19. The summed E-state index contributed by atoms with van der Waals surface area (Å²) in [5.41, 5.74) is 0.916. The standard InChI is InChI=1S/C6H5F3N2S/c7-6(8,9)12-4-1-2-11-5(10)3-4/h1-3H,(H2,10,11). The molecule has 0 saturated heterocycles. The molecule has 0 aromatic carbocycles. The molecule has 2 nitrogen and oxygen atoms in total. The Morgan fingerprint density at radius 3 is 2.58 bits per heavy atom. The first kappa shape index (κ1) is 9.18. The van der Waals surface area contributed by atoms with Crippen molar-refractivity contribution in [2.75, 3.05) is 5.73 Å². The third-order valence-corrected chi connectivity index (χ3v) is 1.71. The lowest BCUT2D eigenvalue weighted by atomic mass is 10.5. The van der Waals surface area contributed by atoms with E-state index >= 15 is 0 Å². The summed E-state index contributed by atoms with van der Waals surface area (Å²) in [7, 11) is 0. The van der Waals surface area contributed by atoms with Crippen LogP contribution < -0.4 is 5.73 Å². The molecule has 2 N–H and O–H groups in total. The van der Waals surface area contributed by atoms with Crippen molar-refractivity contribution in [3.8, 4) is 0 Å². The number of alkyl halides is 3. The van der Waals surface area contributed by atoms with E-state index in [4.69, 9.17) is 5.73 Å². The van der Waals surface area contributed by atoms with Crippen molar-refractivity contribution in [1.82, 2.24) is 4.98 Å². The number of hydrogen-bond donors (Lipinski definition) is 1. The van der Waals surface area contributed by atoms with E-state index < -0.39 is 5.51 Å². The van der Waals surface area contributed by atoms with Gasteiger partial charge in [0.2, 0.25) is 0 Å². The minimum Gasteiger partial charge on any atom is -0.384 e. The van der Waals surface area contributed by atoms with E-state index in [2.05, 4.69) is 4.98 Å². The zero-order valence-electron chi connectivity index (χ0n) is 5.80. The smallest absolute Gasteiger partial charge is 0.384 e. The molecular weight excluding hydrogens is 189 g/mol. The molecule has 0 saturated carbocycles. The molecule has 0 unspecified atom stereocenters. The van der Waals surface area contributed by atoms with Gasteiger partial charge in [-0.25, -0.2) is 4.98 Å². The fraction of sp³-hybridized carbons (Fsp3) is 0.167. The Morgan fingerprint density at radius 2 is 2.08 bits per heavy atom. The molecule has 0 aliphatic heterocycles. The van der Waals surface area contributed by atoms with Crippen molar-refractivity contribution in [1.29, 1.82) is 0 Å². The van der Waals surface area contributed by atoms with E-state index in [-0.39, 0.29) is 22.5 Å². The molecule has 1 aromatic rings. The van der Waals surface area contributed by atoms with Crippen LogP contribution in [0.5, 0.6) is 0 Å². The van der Waals surface area contributed by atoms with Crippen molar-refractivity contribution in [2.45, 2.75) is 10.4 Å². The highest BCUT2D eigenvalue weighted by Gasteiger charge is 2.29. The number of aromatic nitrogens is 1. The number of pyridine rings is 1. The van der Waals surface area contributed by atoms with Crippen molar-refractivity contribution in [2.24, 2.45) is 0 Å². The predicted octanol–water partition coefficient (Wildman–Crippen LogP) is 2.28. The highest BCUT2D eigenvalue weighted by atomic mass is 32.2. The van der Waals surface area contributed by atoms with Crippen LogP contribution in [0.4, 0.5) is 19.0 Å². The Morgan fingerprint density at radius 1 is 1.42 bits per heavy atom. The van der Waals surface area contributed by atoms with E-state index in [1.54, 1.807) is 0 Å². The molecule has 1 aromatic heterocycles. The lowest BCUT2D eigenvalue weighted by molar-refractivity contribution is -0.0328. The van der Waals surface area contributed by atoms with E-state index in [9.17, 15) is 13.2 Å². The Bertz CT molecular complexity index is 274. The number of halogens is 3. The van der Waals surface area contributed by atoms with E-state index in [0.717, 1.165) is 0 Å². The van der Waals surface area contributed by atoms with Crippen LogP contribution in [0.25, 0.3) is 0 Å². The van der Waals surface area contributed by atoms with E-state index in [1.807, 2.05) is 0 Å². The van der Waals surface area contributed by atoms with Gasteiger partial charge in [-0.05, 0) is 23.9 Å². The van der Waals surface area contributed by atoms with Gasteiger partial charge < -0.3 is 5.73 Å². The zero-order valence-corrected chi connectivity index (χ0v) is 6.62. The molecule has 0 radical (unpaired) electrons. The maximum Gasteiger partial charge on any atom is 0.446 e. The molecule has 6 heteroatoms. The van der Waals surface area contributed by atoms with Crippen LogP contribution in [0.3, 0.4) is 0 Å². The molecule has 0 aliphatic rings. The number of hydrogen-bond acceptors (Lipinski definition) is 3. The molecule has 66 valence electrons. The molecule has 0 atom stereocenters. The van der Waals surface area contributed by atoms with Gasteiger partial charge in [-0.2, -0.15) is 13.2 Å². The number of rotatable bonds is 1. The van der Waals surface area contributed by atoms with Crippen molar-refractivity contribution >= 4 is 17.6 Å². The van der Waals surface area contributed by atoms with Gasteiger partial charge in [0.05, 0.1) is 0 Å². The van der Waals surface area contributed by atoms with Gasteiger partial charge in [-0.3, -0.25) is 0 Å². The second-order valence-electron chi connectivity index (χ2n) is 1.96. The first-order valence-corrected chi connectivity index (χ1v) is 3.76. The first-order chi connectivity index (χ1) is 5.47. The molecule has 0 aliphatic carbocycles. The summed E-state index contributed by atoms with van der Waals surface area (Å²) in [4.78, 5) is 3.62. The summed E-state index contributed by atoms with van der Waals surface area (Å²) in [6.45, 7) is 0. The fourth-order valence-corrected chi connectivity index (χ4v) is 1.20. The Kier molecular flexibility index (Phi) is 2.46. The Labute approximate surface area is 71.0 Å². The van der Waals surface area contributed by atoms with E-state index in [1.165, 1.54) is 18.3 Å². The summed E-state index contributed by atoms with van der Waals surface area (Å²) >= 11 is -0.205. The third kappa shape index (κ3) is 3.00. The highest BCUT2D eigenvalue weighted by Crippen LogP contribution is 2.36. The van der Waals surface area contributed by atoms with Crippen molar-refractivity contribution < 1.29 is 13.2 Å². The third-order valence-electron chi connectivity index (χ3n) is 0.986. The molecule has 0 amide bonds. The van der Waals surface area contributed by atoms with Crippen LogP contribution in [0.1, 0.15) is 0 Å². The number of nitrogen functional groups attached to an aromatic ring is 1. The molecule has 12 heavy (non-hydrogen) atoms. The monoisotopic (exact) mass is 194 g/mol. The maximum atomic E-state index is 11.8. The van der Waals surface area contributed by atoms with Crippen molar-refractivity contribution in [3.63, 3.8) is 0 Å². The molecular formula is C6H5F3N2S. The largest absolute Gasteiger partial charge is 0.446 e. The van der Waals surface area contributed by atoms with Crippen LogP contribution in [0, 0.1) is 0 Å². The second kappa shape index (κ2) is 3.22. The summed E-state index contributed by atoms with van der Waals surface area (Å²) in [6.07, 6.45) is 1.24.